The number of carbonyl (C=O) groups excluding carboxylic acids is 2. The van der Waals surface area contributed by atoms with Crippen molar-refractivity contribution in [2.45, 2.75) is 51.5 Å². The Bertz CT molecular complexity index is 965. The van der Waals surface area contributed by atoms with Crippen molar-refractivity contribution < 1.29 is 23.5 Å². The summed E-state index contributed by atoms with van der Waals surface area (Å²) in [6.45, 7) is 8.01. The summed E-state index contributed by atoms with van der Waals surface area (Å²) < 4.78 is 27.6. The molecule has 0 radical (unpaired) electrons. The fourth-order valence-corrected chi connectivity index (χ4v) is 3.89. The van der Waals surface area contributed by atoms with Gasteiger partial charge in [-0.2, -0.15) is 0 Å². The first-order valence-electron chi connectivity index (χ1n) is 10.5. The molecule has 1 atom stereocenters. The molecule has 0 saturated heterocycles. The fraction of sp³-hybridized carbons (Fsp3) is 0.417. The van der Waals surface area contributed by atoms with E-state index in [9.17, 15) is 14.0 Å². The van der Waals surface area contributed by atoms with Gasteiger partial charge in [-0.3, -0.25) is 4.79 Å². The van der Waals surface area contributed by atoms with E-state index in [0.29, 0.717) is 22.6 Å². The summed E-state index contributed by atoms with van der Waals surface area (Å²) >= 11 is 1.22. The van der Waals surface area contributed by atoms with Gasteiger partial charge in [0.2, 0.25) is 5.91 Å². The maximum atomic E-state index is 13.9. The largest absolute Gasteiger partial charge is 0.495 e. The van der Waals surface area contributed by atoms with E-state index < -0.39 is 5.97 Å². The maximum Gasteiger partial charge on any atom is 0.343 e. The molecular formula is C24H31FN2O4S. The number of nitrogens with one attached hydrogen (secondary N) is 2. The van der Waals surface area contributed by atoms with Crippen molar-refractivity contribution in [3.8, 4) is 5.75 Å². The second-order valence-electron chi connectivity index (χ2n) is 7.74. The molecule has 2 rings (SSSR count). The second-order valence-corrected chi connectivity index (χ2v) is 8.59. The van der Waals surface area contributed by atoms with Crippen LogP contribution in [0.5, 0.6) is 5.75 Å². The molecule has 8 heteroatoms. The van der Waals surface area contributed by atoms with Crippen LogP contribution in [0.3, 0.4) is 0 Å². The third kappa shape index (κ3) is 6.16. The highest BCUT2D eigenvalue weighted by atomic mass is 32.2. The van der Waals surface area contributed by atoms with Crippen LogP contribution in [0.15, 0.2) is 35.2 Å². The topological polar surface area (TPSA) is 76.7 Å². The van der Waals surface area contributed by atoms with E-state index in [1.54, 1.807) is 12.1 Å². The van der Waals surface area contributed by atoms with Gasteiger partial charge in [-0.15, -0.1) is 0 Å². The predicted molar refractivity (Wildman–Crippen MR) is 126 cm³/mol. The van der Waals surface area contributed by atoms with Crippen LogP contribution >= 0.6 is 11.9 Å². The summed E-state index contributed by atoms with van der Waals surface area (Å²) in [7, 11) is 2.83. The van der Waals surface area contributed by atoms with E-state index in [1.165, 1.54) is 38.3 Å². The van der Waals surface area contributed by atoms with Crippen molar-refractivity contribution in [2.24, 2.45) is 5.92 Å². The molecule has 0 aliphatic heterocycles. The Morgan fingerprint density at radius 3 is 2.44 bits per heavy atom. The molecule has 0 unspecified atom stereocenters. The number of anilines is 1. The molecule has 0 bridgehead atoms. The lowest BCUT2D eigenvalue weighted by Crippen LogP contribution is -2.28. The Kier molecular flexibility index (Phi) is 9.38. The molecule has 0 aliphatic rings. The van der Waals surface area contributed by atoms with Gasteiger partial charge in [-0.1, -0.05) is 33.8 Å². The SMILES string of the molecule is CC[C@@H](C)C(=O)NCc1cc(F)ccc1SNc1ccc(C(C)C)c(OC)c1C(=O)OC. The lowest BCUT2D eigenvalue weighted by Gasteiger charge is -2.19. The summed E-state index contributed by atoms with van der Waals surface area (Å²) in [5, 5.41) is 2.85. The van der Waals surface area contributed by atoms with Crippen LogP contribution < -0.4 is 14.8 Å². The van der Waals surface area contributed by atoms with Crippen LogP contribution in [0.4, 0.5) is 10.1 Å². The molecule has 1 amide bonds. The number of hydrogen-bond acceptors (Lipinski definition) is 6. The Labute approximate surface area is 193 Å². The Morgan fingerprint density at radius 1 is 1.12 bits per heavy atom. The first kappa shape index (κ1) is 25.5. The van der Waals surface area contributed by atoms with Gasteiger partial charge in [-0.05, 0) is 59.7 Å². The smallest absolute Gasteiger partial charge is 0.343 e. The molecule has 174 valence electrons. The first-order valence-corrected chi connectivity index (χ1v) is 11.3. The first-order chi connectivity index (χ1) is 15.2. The van der Waals surface area contributed by atoms with E-state index >= 15 is 0 Å². The van der Waals surface area contributed by atoms with Gasteiger partial charge >= 0.3 is 5.97 Å². The number of halogens is 1. The molecule has 2 N–H and O–H groups in total. The van der Waals surface area contributed by atoms with E-state index in [4.69, 9.17) is 9.47 Å². The summed E-state index contributed by atoms with van der Waals surface area (Å²) in [4.78, 5) is 25.4. The van der Waals surface area contributed by atoms with Gasteiger partial charge < -0.3 is 19.5 Å². The van der Waals surface area contributed by atoms with Gasteiger partial charge in [0.05, 0.1) is 19.9 Å². The van der Waals surface area contributed by atoms with Gasteiger partial charge in [0.1, 0.15) is 17.1 Å². The zero-order valence-corrected chi connectivity index (χ0v) is 20.2. The molecule has 0 aromatic heterocycles. The van der Waals surface area contributed by atoms with Crippen molar-refractivity contribution in [2.75, 3.05) is 18.9 Å². The highest BCUT2D eigenvalue weighted by Crippen LogP contribution is 2.37. The number of carbonyl (C=O) groups is 2. The molecule has 0 saturated carbocycles. The fourth-order valence-electron chi connectivity index (χ4n) is 3.10. The third-order valence-corrected chi connectivity index (χ3v) is 6.15. The van der Waals surface area contributed by atoms with Crippen molar-refractivity contribution in [3.05, 3.63) is 52.8 Å². The number of amides is 1. The second kappa shape index (κ2) is 11.8. The number of rotatable bonds is 10. The predicted octanol–water partition coefficient (Wildman–Crippen LogP) is 5.53. The molecule has 6 nitrogen and oxygen atoms in total. The van der Waals surface area contributed by atoms with E-state index in [0.717, 1.165) is 16.9 Å². The number of methoxy groups -OCH3 is 2. The standard InChI is InChI=1S/C24H31FN2O4S/c1-7-15(4)23(28)26-13-16-12-17(25)8-11-20(16)32-27-19-10-9-18(14(2)3)22(30-5)21(19)24(29)31-6/h8-12,14-15,27H,7,13H2,1-6H3,(H,26,28)/t15-/m1/s1. The van der Waals surface area contributed by atoms with Crippen LogP contribution in [0.1, 0.15) is 61.5 Å². The third-order valence-electron chi connectivity index (χ3n) is 5.21. The zero-order chi connectivity index (χ0) is 23.8. The van der Waals surface area contributed by atoms with Gasteiger partial charge in [0.25, 0.3) is 0 Å². The summed E-state index contributed by atoms with van der Waals surface area (Å²) in [5.41, 5.74) is 2.33. The Morgan fingerprint density at radius 2 is 1.84 bits per heavy atom. The van der Waals surface area contributed by atoms with Gasteiger partial charge in [-0.25, -0.2) is 9.18 Å². The number of esters is 1. The molecule has 0 spiro atoms. The average Bonchev–Trinajstić information content (AvgIpc) is 2.79. The highest BCUT2D eigenvalue weighted by Gasteiger charge is 2.23. The van der Waals surface area contributed by atoms with Crippen LogP contribution in [0.2, 0.25) is 0 Å². The molecule has 2 aromatic carbocycles. The molecule has 0 heterocycles. The quantitative estimate of drug-likeness (QED) is 0.357. The van der Waals surface area contributed by atoms with Crippen molar-refractivity contribution in [3.63, 3.8) is 0 Å². The molecule has 2 aromatic rings. The average molecular weight is 463 g/mol. The minimum atomic E-state index is -0.521. The summed E-state index contributed by atoms with van der Waals surface area (Å²) in [5.74, 6) is -0.506. The minimum Gasteiger partial charge on any atom is -0.495 e. The van der Waals surface area contributed by atoms with Crippen molar-refractivity contribution >= 4 is 29.5 Å². The maximum absolute atomic E-state index is 13.9. The van der Waals surface area contributed by atoms with Crippen LogP contribution in [0.25, 0.3) is 0 Å². The lowest BCUT2D eigenvalue weighted by molar-refractivity contribution is -0.124. The highest BCUT2D eigenvalue weighted by molar-refractivity contribution is 8.00. The van der Waals surface area contributed by atoms with E-state index in [1.807, 2.05) is 33.8 Å². The van der Waals surface area contributed by atoms with E-state index in [2.05, 4.69) is 10.0 Å². The van der Waals surface area contributed by atoms with E-state index in [-0.39, 0.29) is 30.1 Å². The van der Waals surface area contributed by atoms with Crippen LogP contribution in [-0.2, 0) is 16.1 Å². The summed E-state index contributed by atoms with van der Waals surface area (Å²) in [6, 6.07) is 8.08. The van der Waals surface area contributed by atoms with Crippen molar-refractivity contribution in [1.82, 2.24) is 5.32 Å². The molecule has 0 aliphatic carbocycles. The summed E-state index contributed by atoms with van der Waals surface area (Å²) in [6.07, 6.45) is 0.725. The lowest BCUT2D eigenvalue weighted by atomic mass is 9.98. The minimum absolute atomic E-state index is 0.0809. The molecule has 0 fully saturated rings. The molecular weight excluding hydrogens is 431 g/mol. The van der Waals surface area contributed by atoms with Crippen LogP contribution in [0, 0.1) is 11.7 Å². The number of benzene rings is 2. The number of ether oxygens (including phenoxy) is 2. The number of hydrogen-bond donors (Lipinski definition) is 2. The monoisotopic (exact) mass is 462 g/mol. The Hall–Kier alpha value is -2.74. The zero-order valence-electron chi connectivity index (χ0n) is 19.4. The Balaban J connectivity index is 2.32. The molecule has 32 heavy (non-hydrogen) atoms. The van der Waals surface area contributed by atoms with Gasteiger partial charge in [0, 0.05) is 17.4 Å². The van der Waals surface area contributed by atoms with Crippen molar-refractivity contribution in [1.29, 1.82) is 0 Å². The van der Waals surface area contributed by atoms with Crippen LogP contribution in [-0.4, -0.2) is 26.1 Å². The van der Waals surface area contributed by atoms with Gasteiger partial charge in [0.15, 0.2) is 0 Å². The normalized spacial score (nSPS) is 11.8.